The Balaban J connectivity index is 1.73. The summed E-state index contributed by atoms with van der Waals surface area (Å²) in [5.41, 5.74) is -0.378. The van der Waals surface area contributed by atoms with Crippen LogP contribution in [0.2, 0.25) is 0 Å². The first-order valence-corrected chi connectivity index (χ1v) is 11.9. The number of benzene rings is 2. The molecule has 0 fully saturated rings. The molecule has 3 rings (SSSR count). The van der Waals surface area contributed by atoms with Gasteiger partial charge in [-0.25, -0.2) is 0 Å². The molecule has 7 nitrogen and oxygen atoms in total. The van der Waals surface area contributed by atoms with Gasteiger partial charge in [0.05, 0.1) is 0 Å². The molecule has 0 unspecified atom stereocenters. The lowest BCUT2D eigenvalue weighted by atomic mass is 10.1. The predicted octanol–water partition coefficient (Wildman–Crippen LogP) is 6.40. The van der Waals surface area contributed by atoms with E-state index in [4.69, 9.17) is 9.15 Å². The number of phenolic OH excluding ortho intramolecular Hbond substituents is 3. The molecular weight excluding hydrogens is 436 g/mol. The number of rotatable bonds is 12. The van der Waals surface area contributed by atoms with Crippen LogP contribution in [0.25, 0.3) is 22.3 Å². The molecule has 0 spiro atoms. The zero-order valence-electron chi connectivity index (χ0n) is 19.5. The maximum atomic E-state index is 13.2. The van der Waals surface area contributed by atoms with Gasteiger partial charge in [0.15, 0.2) is 5.76 Å². The third-order valence-corrected chi connectivity index (χ3v) is 5.75. The number of aromatic hydroxyl groups is 3. The fraction of sp³-hybridized carbons (Fsp3) is 0.407. The fourth-order valence-electron chi connectivity index (χ4n) is 3.91. The van der Waals surface area contributed by atoms with E-state index < -0.39 is 17.1 Å². The van der Waals surface area contributed by atoms with E-state index in [9.17, 15) is 24.9 Å². The Morgan fingerprint density at radius 1 is 0.853 bits per heavy atom. The van der Waals surface area contributed by atoms with E-state index in [1.54, 1.807) is 0 Å². The first-order chi connectivity index (χ1) is 16.4. The Labute approximate surface area is 198 Å². The van der Waals surface area contributed by atoms with Crippen molar-refractivity contribution in [1.29, 1.82) is 0 Å². The van der Waals surface area contributed by atoms with Crippen molar-refractivity contribution in [3.05, 3.63) is 46.6 Å². The molecule has 1 aromatic heterocycles. The van der Waals surface area contributed by atoms with Crippen molar-refractivity contribution in [1.82, 2.24) is 0 Å². The molecule has 0 saturated heterocycles. The van der Waals surface area contributed by atoms with Gasteiger partial charge in [-0.1, -0.05) is 58.3 Å². The van der Waals surface area contributed by atoms with Crippen LogP contribution in [0, 0.1) is 0 Å². The van der Waals surface area contributed by atoms with Crippen molar-refractivity contribution in [2.45, 2.75) is 71.1 Å². The summed E-state index contributed by atoms with van der Waals surface area (Å²) in [5, 5.41) is 29.4. The van der Waals surface area contributed by atoms with Crippen LogP contribution in [0.15, 0.2) is 45.6 Å². The highest BCUT2D eigenvalue weighted by molar-refractivity contribution is 5.89. The number of carbonyl (C=O) groups excluding carboxylic acids is 1. The van der Waals surface area contributed by atoms with Crippen molar-refractivity contribution < 1.29 is 29.3 Å². The minimum atomic E-state index is -0.720. The minimum Gasteiger partial charge on any atom is -0.508 e. The van der Waals surface area contributed by atoms with Crippen LogP contribution in [0.1, 0.15) is 71.1 Å². The van der Waals surface area contributed by atoms with Crippen molar-refractivity contribution in [2.75, 3.05) is 0 Å². The van der Waals surface area contributed by atoms with E-state index in [2.05, 4.69) is 6.92 Å². The second kappa shape index (κ2) is 12.1. The van der Waals surface area contributed by atoms with E-state index >= 15 is 0 Å². The van der Waals surface area contributed by atoms with Crippen molar-refractivity contribution in [2.24, 2.45) is 0 Å². The number of hydrogen-bond donors (Lipinski definition) is 3. The summed E-state index contributed by atoms with van der Waals surface area (Å²) in [5.74, 6) is -1.65. The van der Waals surface area contributed by atoms with Gasteiger partial charge < -0.3 is 24.5 Å². The molecule has 0 aliphatic rings. The van der Waals surface area contributed by atoms with Crippen LogP contribution in [-0.4, -0.2) is 21.3 Å². The molecule has 182 valence electrons. The van der Waals surface area contributed by atoms with Gasteiger partial charge in [-0.3, -0.25) is 9.59 Å². The lowest BCUT2D eigenvalue weighted by Crippen LogP contribution is -2.16. The lowest BCUT2D eigenvalue weighted by molar-refractivity contribution is -0.134. The number of phenols is 3. The third-order valence-electron chi connectivity index (χ3n) is 5.75. The summed E-state index contributed by atoms with van der Waals surface area (Å²) in [4.78, 5) is 25.7. The van der Waals surface area contributed by atoms with Crippen molar-refractivity contribution >= 4 is 16.9 Å². The maximum absolute atomic E-state index is 13.2. The predicted molar refractivity (Wildman–Crippen MR) is 130 cm³/mol. The van der Waals surface area contributed by atoms with Gasteiger partial charge in [-0.15, -0.1) is 0 Å². The van der Waals surface area contributed by atoms with Crippen LogP contribution in [0.4, 0.5) is 0 Å². The second-order valence-corrected chi connectivity index (χ2v) is 8.53. The minimum absolute atomic E-state index is 0.0195. The quantitative estimate of drug-likeness (QED) is 0.208. The molecule has 2 aromatic carbocycles. The van der Waals surface area contributed by atoms with E-state index in [1.165, 1.54) is 62.4 Å². The van der Waals surface area contributed by atoms with Crippen LogP contribution in [0.5, 0.6) is 23.0 Å². The number of esters is 1. The molecular formula is C27H32O7. The van der Waals surface area contributed by atoms with Gasteiger partial charge in [-0.05, 0) is 30.7 Å². The number of carbonyl (C=O) groups is 1. The standard InChI is InChI=1S/C27H32O7/c1-2-3-4-5-6-7-8-9-10-11-23(31)34-27-25(32)24-21(30)16-20(29)17-22(24)33-26(27)18-12-14-19(28)15-13-18/h12-17,28-30H,2-11H2,1H3. The van der Waals surface area contributed by atoms with Crippen LogP contribution in [-0.2, 0) is 4.79 Å². The lowest BCUT2D eigenvalue weighted by Gasteiger charge is -2.11. The fourth-order valence-corrected chi connectivity index (χ4v) is 3.91. The van der Waals surface area contributed by atoms with Crippen molar-refractivity contribution in [3.63, 3.8) is 0 Å². The Morgan fingerprint density at radius 2 is 1.47 bits per heavy atom. The van der Waals surface area contributed by atoms with Gasteiger partial charge in [0, 0.05) is 24.1 Å². The Morgan fingerprint density at radius 3 is 2.12 bits per heavy atom. The van der Waals surface area contributed by atoms with Crippen molar-refractivity contribution in [3.8, 4) is 34.3 Å². The van der Waals surface area contributed by atoms with Gasteiger partial charge in [-0.2, -0.15) is 0 Å². The number of hydrogen-bond acceptors (Lipinski definition) is 7. The summed E-state index contributed by atoms with van der Waals surface area (Å²) < 4.78 is 11.2. The third kappa shape index (κ3) is 6.53. The summed E-state index contributed by atoms with van der Waals surface area (Å²) in [6, 6.07) is 8.07. The molecule has 0 aliphatic heterocycles. The van der Waals surface area contributed by atoms with E-state index in [-0.39, 0.29) is 40.4 Å². The zero-order valence-corrected chi connectivity index (χ0v) is 19.5. The summed E-state index contributed by atoms with van der Waals surface area (Å²) in [6.45, 7) is 2.20. The topological polar surface area (TPSA) is 117 Å². The molecule has 0 bridgehead atoms. The summed E-state index contributed by atoms with van der Waals surface area (Å²) in [7, 11) is 0. The highest BCUT2D eigenvalue weighted by atomic mass is 16.5. The van der Waals surface area contributed by atoms with E-state index in [1.807, 2.05) is 0 Å². The van der Waals surface area contributed by atoms with Crippen LogP contribution >= 0.6 is 0 Å². The van der Waals surface area contributed by atoms with Gasteiger partial charge >= 0.3 is 5.97 Å². The first-order valence-electron chi connectivity index (χ1n) is 11.9. The Kier molecular flexibility index (Phi) is 8.96. The molecule has 3 aromatic rings. The van der Waals surface area contributed by atoms with E-state index in [0.29, 0.717) is 12.0 Å². The summed E-state index contributed by atoms with van der Waals surface area (Å²) >= 11 is 0. The molecule has 0 aliphatic carbocycles. The molecule has 0 amide bonds. The number of unbranched alkanes of at least 4 members (excludes halogenated alkanes) is 8. The average molecular weight is 469 g/mol. The highest BCUT2D eigenvalue weighted by Crippen LogP contribution is 2.36. The second-order valence-electron chi connectivity index (χ2n) is 8.53. The average Bonchev–Trinajstić information content (AvgIpc) is 2.79. The monoisotopic (exact) mass is 468 g/mol. The molecule has 7 heteroatoms. The van der Waals surface area contributed by atoms with E-state index in [0.717, 1.165) is 25.3 Å². The Bertz CT molecular complexity index is 1160. The van der Waals surface area contributed by atoms with Gasteiger partial charge in [0.25, 0.3) is 0 Å². The molecule has 0 atom stereocenters. The number of fused-ring (bicyclic) bond motifs is 1. The SMILES string of the molecule is CCCCCCCCCCCC(=O)Oc1c(-c2ccc(O)cc2)oc2cc(O)cc(O)c2c1=O. The Hall–Kier alpha value is -3.48. The van der Waals surface area contributed by atoms with Gasteiger partial charge in [0.1, 0.15) is 28.2 Å². The molecule has 0 saturated carbocycles. The molecule has 34 heavy (non-hydrogen) atoms. The summed E-state index contributed by atoms with van der Waals surface area (Å²) in [6.07, 6.45) is 10.1. The molecule has 1 heterocycles. The highest BCUT2D eigenvalue weighted by Gasteiger charge is 2.22. The van der Waals surface area contributed by atoms with Crippen LogP contribution in [0.3, 0.4) is 0 Å². The maximum Gasteiger partial charge on any atom is 0.311 e. The van der Waals surface area contributed by atoms with Gasteiger partial charge in [0.2, 0.25) is 11.2 Å². The largest absolute Gasteiger partial charge is 0.508 e. The number of ether oxygens (including phenoxy) is 1. The first kappa shape index (κ1) is 25.1. The molecule has 0 radical (unpaired) electrons. The smallest absolute Gasteiger partial charge is 0.311 e. The zero-order chi connectivity index (χ0) is 24.5. The van der Waals surface area contributed by atoms with Crippen LogP contribution < -0.4 is 10.2 Å². The molecule has 3 N–H and O–H groups in total. The normalized spacial score (nSPS) is 11.1.